The Bertz CT molecular complexity index is 585. The van der Waals surface area contributed by atoms with Crippen LogP contribution in [0.1, 0.15) is 18.4 Å². The van der Waals surface area contributed by atoms with E-state index in [0.717, 1.165) is 44.7 Å². The second-order valence-electron chi connectivity index (χ2n) is 6.36. The van der Waals surface area contributed by atoms with Gasteiger partial charge in [0.25, 0.3) is 0 Å². The van der Waals surface area contributed by atoms with Gasteiger partial charge in [-0.2, -0.15) is 0 Å². The van der Waals surface area contributed by atoms with E-state index in [1.165, 1.54) is 0 Å². The Morgan fingerprint density at radius 2 is 1.91 bits per heavy atom. The molecule has 2 fully saturated rings. The molecule has 0 aliphatic carbocycles. The van der Waals surface area contributed by atoms with Crippen LogP contribution in [0, 0.1) is 0 Å². The van der Waals surface area contributed by atoms with E-state index in [2.05, 4.69) is 4.90 Å². The zero-order valence-electron chi connectivity index (χ0n) is 13.6. The molecule has 1 aromatic carbocycles. The highest BCUT2D eigenvalue weighted by molar-refractivity contribution is 7.89. The van der Waals surface area contributed by atoms with Crippen LogP contribution < -0.4 is 0 Å². The molecule has 0 bridgehead atoms. The van der Waals surface area contributed by atoms with Crippen LogP contribution in [0.15, 0.2) is 30.3 Å². The molecule has 1 atom stereocenters. The van der Waals surface area contributed by atoms with Gasteiger partial charge in [-0.25, -0.2) is 12.7 Å². The van der Waals surface area contributed by atoms with E-state index in [-0.39, 0.29) is 5.75 Å². The van der Waals surface area contributed by atoms with Gasteiger partial charge in [0.15, 0.2) is 0 Å². The Hall–Kier alpha value is -0.950. The number of ether oxygens (including phenoxy) is 1. The molecule has 23 heavy (non-hydrogen) atoms. The van der Waals surface area contributed by atoms with Gasteiger partial charge in [-0.15, -0.1) is 0 Å². The molecule has 1 unspecified atom stereocenters. The summed E-state index contributed by atoms with van der Waals surface area (Å²) in [7, 11) is -3.18. The maximum absolute atomic E-state index is 12.6. The molecule has 0 N–H and O–H groups in total. The van der Waals surface area contributed by atoms with Gasteiger partial charge in [0.2, 0.25) is 10.0 Å². The van der Waals surface area contributed by atoms with E-state index in [1.807, 2.05) is 30.3 Å². The Labute approximate surface area is 139 Å². The maximum atomic E-state index is 12.6. The van der Waals surface area contributed by atoms with E-state index < -0.39 is 10.0 Å². The van der Waals surface area contributed by atoms with E-state index in [9.17, 15) is 8.42 Å². The van der Waals surface area contributed by atoms with Crippen molar-refractivity contribution in [2.75, 3.05) is 45.1 Å². The number of hydrogen-bond donors (Lipinski definition) is 0. The van der Waals surface area contributed by atoms with Crippen LogP contribution >= 0.6 is 0 Å². The second kappa shape index (κ2) is 7.75. The van der Waals surface area contributed by atoms with E-state index in [4.69, 9.17) is 4.74 Å². The van der Waals surface area contributed by atoms with Gasteiger partial charge in [-0.3, -0.25) is 4.90 Å². The van der Waals surface area contributed by atoms with Crippen molar-refractivity contribution in [3.05, 3.63) is 35.9 Å². The van der Waals surface area contributed by atoms with Gasteiger partial charge < -0.3 is 4.74 Å². The van der Waals surface area contributed by atoms with E-state index in [1.54, 1.807) is 4.31 Å². The van der Waals surface area contributed by atoms with Gasteiger partial charge in [0.1, 0.15) is 0 Å². The minimum absolute atomic E-state index is 0.198. The fourth-order valence-electron chi connectivity index (χ4n) is 3.39. The average molecular weight is 338 g/mol. The van der Waals surface area contributed by atoms with Crippen LogP contribution in [-0.2, 0) is 21.2 Å². The summed E-state index contributed by atoms with van der Waals surface area (Å²) in [5, 5.41) is 0. The number of benzene rings is 1. The highest BCUT2D eigenvalue weighted by Gasteiger charge is 2.29. The normalized spacial score (nSPS) is 24.6. The summed E-state index contributed by atoms with van der Waals surface area (Å²) in [4.78, 5) is 2.40. The predicted molar refractivity (Wildman–Crippen MR) is 90.9 cm³/mol. The third-order valence-corrected chi connectivity index (χ3v) is 6.67. The molecular weight excluding hydrogens is 312 g/mol. The Morgan fingerprint density at radius 3 is 2.65 bits per heavy atom. The SMILES string of the molecule is O=S(=O)(CCc1ccccc1)N1CCCN(C2CCOC2)CC1. The van der Waals surface area contributed by atoms with Gasteiger partial charge in [-0.1, -0.05) is 30.3 Å². The fraction of sp³-hybridized carbons (Fsp3) is 0.647. The highest BCUT2D eigenvalue weighted by Crippen LogP contribution is 2.17. The van der Waals surface area contributed by atoms with Gasteiger partial charge in [-0.05, 0) is 31.4 Å². The molecule has 128 valence electrons. The van der Waals surface area contributed by atoms with Crippen molar-refractivity contribution >= 4 is 10.0 Å². The molecule has 1 aromatic rings. The summed E-state index contributed by atoms with van der Waals surface area (Å²) in [6.45, 7) is 4.66. The molecule has 0 amide bonds. The molecule has 2 heterocycles. The zero-order chi connectivity index (χ0) is 16.1. The number of nitrogens with zero attached hydrogens (tertiary/aromatic N) is 2. The van der Waals surface area contributed by atoms with Crippen LogP contribution in [0.2, 0.25) is 0 Å². The smallest absolute Gasteiger partial charge is 0.214 e. The molecule has 3 rings (SSSR count). The monoisotopic (exact) mass is 338 g/mol. The Kier molecular flexibility index (Phi) is 5.69. The standard InChI is InChI=1S/C17H26N2O3S/c20-23(21,14-8-16-5-2-1-3-6-16)19-10-4-9-18(11-12-19)17-7-13-22-15-17/h1-3,5-6,17H,4,7-15H2. The molecule has 0 radical (unpaired) electrons. The molecule has 2 aliphatic rings. The van der Waals surface area contributed by atoms with Gasteiger partial charge in [0, 0.05) is 32.3 Å². The minimum Gasteiger partial charge on any atom is -0.380 e. The summed E-state index contributed by atoms with van der Waals surface area (Å²) in [6, 6.07) is 10.3. The van der Waals surface area contributed by atoms with Crippen LogP contribution in [0.4, 0.5) is 0 Å². The molecule has 6 heteroatoms. The summed E-state index contributed by atoms with van der Waals surface area (Å²) in [5.41, 5.74) is 1.08. The molecule has 0 saturated carbocycles. The largest absolute Gasteiger partial charge is 0.380 e. The summed E-state index contributed by atoms with van der Waals surface area (Å²) in [5.74, 6) is 0.198. The van der Waals surface area contributed by atoms with Crippen LogP contribution in [0.25, 0.3) is 0 Å². The molecular formula is C17H26N2O3S. The number of rotatable bonds is 5. The van der Waals surface area contributed by atoms with Crippen LogP contribution in [0.5, 0.6) is 0 Å². The van der Waals surface area contributed by atoms with Crippen molar-refractivity contribution in [2.45, 2.75) is 25.3 Å². The van der Waals surface area contributed by atoms with Crippen molar-refractivity contribution in [3.8, 4) is 0 Å². The maximum Gasteiger partial charge on any atom is 0.214 e. The first kappa shape index (κ1) is 16.9. The van der Waals surface area contributed by atoms with Crippen molar-refractivity contribution in [2.24, 2.45) is 0 Å². The average Bonchev–Trinajstić information content (AvgIpc) is 2.98. The van der Waals surface area contributed by atoms with E-state index in [0.29, 0.717) is 25.6 Å². The molecule has 0 aromatic heterocycles. The molecule has 2 aliphatic heterocycles. The lowest BCUT2D eigenvalue weighted by Crippen LogP contribution is -2.40. The van der Waals surface area contributed by atoms with Crippen molar-refractivity contribution in [1.29, 1.82) is 0 Å². The third-order valence-electron chi connectivity index (χ3n) is 4.80. The van der Waals surface area contributed by atoms with Crippen molar-refractivity contribution < 1.29 is 13.2 Å². The molecule has 2 saturated heterocycles. The lowest BCUT2D eigenvalue weighted by Gasteiger charge is -2.26. The van der Waals surface area contributed by atoms with Gasteiger partial charge >= 0.3 is 0 Å². The first-order valence-electron chi connectivity index (χ1n) is 8.49. The van der Waals surface area contributed by atoms with E-state index >= 15 is 0 Å². The summed E-state index contributed by atoms with van der Waals surface area (Å²) < 4.78 is 32.4. The zero-order valence-corrected chi connectivity index (χ0v) is 14.4. The quantitative estimate of drug-likeness (QED) is 0.813. The topological polar surface area (TPSA) is 49.9 Å². The third kappa shape index (κ3) is 4.53. The van der Waals surface area contributed by atoms with Crippen LogP contribution in [-0.4, -0.2) is 68.8 Å². The number of hydrogen-bond acceptors (Lipinski definition) is 4. The second-order valence-corrected chi connectivity index (χ2v) is 8.45. The summed E-state index contributed by atoms with van der Waals surface area (Å²) >= 11 is 0. The lowest BCUT2D eigenvalue weighted by molar-refractivity contribution is 0.147. The molecule has 5 nitrogen and oxygen atoms in total. The number of aryl methyl sites for hydroxylation is 1. The molecule has 0 spiro atoms. The Balaban J connectivity index is 1.55. The first-order valence-corrected chi connectivity index (χ1v) is 10.1. The lowest BCUT2D eigenvalue weighted by atomic mass is 10.2. The van der Waals surface area contributed by atoms with Crippen molar-refractivity contribution in [1.82, 2.24) is 9.21 Å². The minimum atomic E-state index is -3.18. The highest BCUT2D eigenvalue weighted by atomic mass is 32.2. The van der Waals surface area contributed by atoms with Crippen LogP contribution in [0.3, 0.4) is 0 Å². The first-order chi connectivity index (χ1) is 11.1. The fourth-order valence-corrected chi connectivity index (χ4v) is 4.91. The predicted octanol–water partition coefficient (Wildman–Crippen LogP) is 1.36. The van der Waals surface area contributed by atoms with Crippen molar-refractivity contribution in [3.63, 3.8) is 0 Å². The Morgan fingerprint density at radius 1 is 1.09 bits per heavy atom. The number of sulfonamides is 1. The van der Waals surface area contributed by atoms with Gasteiger partial charge in [0.05, 0.1) is 12.4 Å². The summed E-state index contributed by atoms with van der Waals surface area (Å²) in [6.07, 6.45) is 2.56.